The molecule has 1 heterocycles. The molecule has 0 radical (unpaired) electrons. The number of aliphatic hydroxyl groups is 1. The molecule has 0 amide bonds. The lowest BCUT2D eigenvalue weighted by molar-refractivity contribution is 0.278. The Morgan fingerprint density at radius 2 is 1.95 bits per heavy atom. The number of benzene rings is 1. The van der Waals surface area contributed by atoms with Crippen LogP contribution in [0.4, 0.5) is 0 Å². The molecule has 1 saturated heterocycles. The Kier molecular flexibility index (Phi) is 4.99. The minimum atomic E-state index is -3.96. The highest BCUT2D eigenvalue weighted by Gasteiger charge is 2.39. The van der Waals surface area contributed by atoms with Gasteiger partial charge in [-0.15, -0.1) is 0 Å². The zero-order valence-electron chi connectivity index (χ0n) is 11.5. The highest BCUT2D eigenvalue weighted by Crippen LogP contribution is 2.28. The van der Waals surface area contributed by atoms with Crippen LogP contribution >= 0.6 is 11.8 Å². The summed E-state index contributed by atoms with van der Waals surface area (Å²) >= 11 is 1.42. The van der Waals surface area contributed by atoms with Gasteiger partial charge in [0.2, 0.25) is 10.0 Å². The van der Waals surface area contributed by atoms with E-state index in [-0.39, 0.29) is 22.8 Å². The first-order chi connectivity index (χ1) is 9.78. The number of aliphatic hydroxyl groups excluding tert-OH is 1. The maximum Gasteiger partial charge on any atom is 0.244 e. The van der Waals surface area contributed by atoms with Crippen molar-refractivity contribution in [1.29, 1.82) is 0 Å². The fraction of sp³-hybridized carbons (Fsp3) is 0.500. The number of sulfone groups is 1. The lowest BCUT2D eigenvalue weighted by Crippen LogP contribution is -2.49. The van der Waals surface area contributed by atoms with Crippen LogP contribution in [0.1, 0.15) is 5.56 Å². The van der Waals surface area contributed by atoms with Crippen LogP contribution in [-0.4, -0.2) is 55.9 Å². The van der Waals surface area contributed by atoms with E-state index in [1.807, 2.05) is 0 Å². The van der Waals surface area contributed by atoms with E-state index >= 15 is 0 Å². The molecule has 9 heteroatoms. The van der Waals surface area contributed by atoms with Gasteiger partial charge in [-0.3, -0.25) is 0 Å². The third kappa shape index (κ3) is 3.42. The minimum Gasteiger partial charge on any atom is -0.392 e. The smallest absolute Gasteiger partial charge is 0.244 e. The maximum atomic E-state index is 12.8. The van der Waals surface area contributed by atoms with Gasteiger partial charge in [0.25, 0.3) is 0 Å². The summed E-state index contributed by atoms with van der Waals surface area (Å²) in [5.41, 5.74) is 0.267. The van der Waals surface area contributed by atoms with Crippen molar-refractivity contribution in [3.63, 3.8) is 0 Å². The van der Waals surface area contributed by atoms with E-state index in [1.54, 1.807) is 12.1 Å². The van der Waals surface area contributed by atoms with Gasteiger partial charge < -0.3 is 5.11 Å². The maximum absolute atomic E-state index is 12.8. The van der Waals surface area contributed by atoms with Crippen molar-refractivity contribution in [2.75, 3.05) is 24.3 Å². The standard InChI is InChI=1S/C12H17NO5S3/c1-20(15,16)12-9-19-7-6-13(12)21(17,18)11-5-3-2-4-10(11)8-14/h2-5,12,14H,6-9H2,1H3. The van der Waals surface area contributed by atoms with Gasteiger partial charge in [-0.05, 0) is 11.6 Å². The van der Waals surface area contributed by atoms with Crippen molar-refractivity contribution >= 4 is 31.6 Å². The third-order valence-corrected chi connectivity index (χ3v) is 8.05. The van der Waals surface area contributed by atoms with E-state index in [9.17, 15) is 21.9 Å². The van der Waals surface area contributed by atoms with Crippen LogP contribution in [0.15, 0.2) is 29.2 Å². The van der Waals surface area contributed by atoms with Crippen LogP contribution in [0, 0.1) is 0 Å². The summed E-state index contributed by atoms with van der Waals surface area (Å²) in [7, 11) is -7.48. The molecule has 0 bridgehead atoms. The van der Waals surface area contributed by atoms with Crippen LogP contribution in [0.5, 0.6) is 0 Å². The molecule has 2 rings (SSSR count). The molecule has 21 heavy (non-hydrogen) atoms. The number of nitrogens with zero attached hydrogens (tertiary/aromatic N) is 1. The fourth-order valence-corrected chi connectivity index (χ4v) is 7.58. The molecule has 0 saturated carbocycles. The number of hydrogen-bond acceptors (Lipinski definition) is 6. The van der Waals surface area contributed by atoms with E-state index in [0.29, 0.717) is 5.75 Å². The Bertz CT molecular complexity index is 714. The van der Waals surface area contributed by atoms with E-state index in [0.717, 1.165) is 10.6 Å². The monoisotopic (exact) mass is 351 g/mol. The molecular formula is C12H17NO5S3. The third-order valence-electron chi connectivity index (χ3n) is 3.26. The Morgan fingerprint density at radius 1 is 1.29 bits per heavy atom. The Labute approximate surface area is 129 Å². The van der Waals surface area contributed by atoms with E-state index in [4.69, 9.17) is 0 Å². The molecular weight excluding hydrogens is 334 g/mol. The molecule has 1 aliphatic rings. The zero-order valence-corrected chi connectivity index (χ0v) is 13.9. The predicted octanol–water partition coefficient (Wildman–Crippen LogP) is 0.287. The van der Waals surface area contributed by atoms with Crippen LogP contribution < -0.4 is 0 Å². The first kappa shape index (κ1) is 16.8. The van der Waals surface area contributed by atoms with Gasteiger partial charge >= 0.3 is 0 Å². The van der Waals surface area contributed by atoms with Gasteiger partial charge in [-0.1, -0.05) is 18.2 Å². The van der Waals surface area contributed by atoms with Crippen molar-refractivity contribution in [2.45, 2.75) is 16.9 Å². The molecule has 1 aromatic carbocycles. The largest absolute Gasteiger partial charge is 0.392 e. The van der Waals surface area contributed by atoms with E-state index in [2.05, 4.69) is 0 Å². The number of sulfonamides is 1. The Morgan fingerprint density at radius 3 is 2.57 bits per heavy atom. The fourth-order valence-electron chi connectivity index (χ4n) is 2.19. The van der Waals surface area contributed by atoms with Gasteiger partial charge in [0.15, 0.2) is 9.84 Å². The molecule has 1 unspecified atom stereocenters. The highest BCUT2D eigenvalue weighted by atomic mass is 32.2. The predicted molar refractivity (Wildman–Crippen MR) is 82.2 cm³/mol. The SMILES string of the molecule is CS(=O)(=O)C1CSCCN1S(=O)(=O)c1ccccc1CO. The van der Waals surface area contributed by atoms with Crippen LogP contribution in [0.2, 0.25) is 0 Å². The molecule has 1 atom stereocenters. The molecule has 1 fully saturated rings. The first-order valence-corrected chi connectivity index (χ1v) is 10.8. The van der Waals surface area contributed by atoms with E-state index < -0.39 is 31.8 Å². The molecule has 0 aliphatic carbocycles. The minimum absolute atomic E-state index is 0.0342. The van der Waals surface area contributed by atoms with Crippen molar-refractivity contribution in [3.05, 3.63) is 29.8 Å². The van der Waals surface area contributed by atoms with Crippen molar-refractivity contribution in [3.8, 4) is 0 Å². The Hall–Kier alpha value is -0.610. The molecule has 0 aromatic heterocycles. The lowest BCUT2D eigenvalue weighted by atomic mass is 10.2. The second kappa shape index (κ2) is 6.25. The number of hydrogen-bond donors (Lipinski definition) is 1. The molecule has 1 aliphatic heterocycles. The van der Waals surface area contributed by atoms with Crippen LogP contribution in [0.25, 0.3) is 0 Å². The number of thioether (sulfide) groups is 1. The van der Waals surface area contributed by atoms with Gasteiger partial charge in [0.05, 0.1) is 11.5 Å². The first-order valence-electron chi connectivity index (χ1n) is 6.25. The summed E-state index contributed by atoms with van der Waals surface area (Å²) in [6, 6.07) is 6.09. The van der Waals surface area contributed by atoms with Crippen LogP contribution in [0.3, 0.4) is 0 Å². The molecule has 6 nitrogen and oxygen atoms in total. The summed E-state index contributed by atoms with van der Waals surface area (Å²) in [5.74, 6) is 0.770. The summed E-state index contributed by atoms with van der Waals surface area (Å²) in [5, 5.41) is 8.24. The summed E-state index contributed by atoms with van der Waals surface area (Å²) in [6.07, 6.45) is 1.05. The van der Waals surface area contributed by atoms with Crippen LogP contribution in [-0.2, 0) is 26.5 Å². The average molecular weight is 351 g/mol. The van der Waals surface area contributed by atoms with Crippen molar-refractivity contribution < 1.29 is 21.9 Å². The van der Waals surface area contributed by atoms with Gasteiger partial charge in [0.1, 0.15) is 5.37 Å². The number of rotatable bonds is 4. The molecule has 1 aromatic rings. The summed E-state index contributed by atoms with van der Waals surface area (Å²) in [6.45, 7) is -0.272. The highest BCUT2D eigenvalue weighted by molar-refractivity contribution is 8.01. The second-order valence-corrected chi connectivity index (χ2v) is 9.95. The molecule has 1 N–H and O–H groups in total. The molecule has 118 valence electrons. The van der Waals surface area contributed by atoms with Gasteiger partial charge in [-0.25, -0.2) is 16.8 Å². The summed E-state index contributed by atoms with van der Waals surface area (Å²) < 4.78 is 50.3. The molecule has 0 spiro atoms. The topological polar surface area (TPSA) is 91.8 Å². The Balaban J connectivity index is 2.51. The lowest BCUT2D eigenvalue weighted by Gasteiger charge is -2.33. The average Bonchev–Trinajstić information content (AvgIpc) is 2.46. The van der Waals surface area contributed by atoms with Crippen molar-refractivity contribution in [2.24, 2.45) is 0 Å². The quantitative estimate of drug-likeness (QED) is 0.838. The van der Waals surface area contributed by atoms with Gasteiger partial charge in [-0.2, -0.15) is 16.1 Å². The van der Waals surface area contributed by atoms with Gasteiger partial charge in [0, 0.05) is 24.3 Å². The van der Waals surface area contributed by atoms with E-state index in [1.165, 1.54) is 23.9 Å². The second-order valence-electron chi connectivity index (χ2n) is 4.74. The normalized spacial score (nSPS) is 21.3. The van der Waals surface area contributed by atoms with Crippen molar-refractivity contribution in [1.82, 2.24) is 4.31 Å². The zero-order chi connectivity index (χ0) is 15.7. The summed E-state index contributed by atoms with van der Waals surface area (Å²) in [4.78, 5) is -0.0342.